The maximum absolute atomic E-state index is 12.8. The number of aryl methyl sites for hydroxylation is 1. The lowest BCUT2D eigenvalue weighted by molar-refractivity contribution is 0.102. The second kappa shape index (κ2) is 4.89. The van der Waals surface area contributed by atoms with Crippen molar-refractivity contribution in [1.29, 1.82) is 0 Å². The average molecular weight is 293 g/mol. The fourth-order valence-electron chi connectivity index (χ4n) is 1.82. The van der Waals surface area contributed by atoms with Gasteiger partial charge in [-0.1, -0.05) is 0 Å². The van der Waals surface area contributed by atoms with E-state index in [1.54, 1.807) is 13.0 Å². The zero-order valence-corrected chi connectivity index (χ0v) is 10.7. The lowest BCUT2D eigenvalue weighted by atomic mass is 10.2. The Hall–Kier alpha value is -2.91. The molecule has 0 aliphatic heterocycles. The summed E-state index contributed by atoms with van der Waals surface area (Å²) in [5, 5.41) is 19.1. The van der Waals surface area contributed by atoms with E-state index in [0.717, 1.165) is 0 Å². The van der Waals surface area contributed by atoms with Gasteiger partial charge in [-0.05, 0) is 29.5 Å². The van der Waals surface area contributed by atoms with Crippen molar-refractivity contribution < 1.29 is 13.6 Å². The number of fused-ring (bicyclic) bond motifs is 1. The van der Waals surface area contributed by atoms with Crippen molar-refractivity contribution in [2.45, 2.75) is 13.3 Å². The Kier molecular flexibility index (Phi) is 3.05. The van der Waals surface area contributed by atoms with Crippen molar-refractivity contribution in [3.8, 4) is 0 Å². The number of carbonyl (C=O) groups is 1. The van der Waals surface area contributed by atoms with Crippen LogP contribution in [0.4, 0.5) is 14.5 Å². The number of aromatic nitrogens is 6. The van der Waals surface area contributed by atoms with Gasteiger partial charge in [0.25, 0.3) is 12.3 Å². The number of anilines is 1. The highest BCUT2D eigenvalue weighted by Crippen LogP contribution is 2.27. The number of nitrogens with zero attached hydrogens (tertiary/aromatic N) is 5. The zero-order valence-electron chi connectivity index (χ0n) is 10.7. The van der Waals surface area contributed by atoms with Gasteiger partial charge in [0.05, 0.1) is 16.9 Å². The number of H-pyrrole nitrogens is 1. The fourth-order valence-corrected chi connectivity index (χ4v) is 1.82. The Morgan fingerprint density at radius 1 is 1.43 bits per heavy atom. The van der Waals surface area contributed by atoms with Crippen LogP contribution in [0.5, 0.6) is 0 Å². The highest BCUT2D eigenvalue weighted by Gasteiger charge is 2.21. The number of alkyl halides is 2. The van der Waals surface area contributed by atoms with E-state index in [1.165, 1.54) is 16.8 Å². The van der Waals surface area contributed by atoms with Crippen LogP contribution in [0.2, 0.25) is 0 Å². The normalized spacial score (nSPS) is 11.2. The summed E-state index contributed by atoms with van der Waals surface area (Å²) in [6, 6.07) is 3.05. The Bertz CT molecular complexity index is 810. The van der Waals surface area contributed by atoms with E-state index >= 15 is 0 Å². The van der Waals surface area contributed by atoms with E-state index in [2.05, 4.69) is 31.0 Å². The predicted octanol–water partition coefficient (Wildman–Crippen LogP) is 1.35. The van der Waals surface area contributed by atoms with Crippen LogP contribution in [-0.4, -0.2) is 36.1 Å². The van der Waals surface area contributed by atoms with Crippen LogP contribution in [0.25, 0.3) is 5.65 Å². The third-order valence-electron chi connectivity index (χ3n) is 2.87. The molecule has 3 aromatic rings. The number of pyridine rings is 1. The Morgan fingerprint density at radius 3 is 3.00 bits per heavy atom. The lowest BCUT2D eigenvalue weighted by Crippen LogP contribution is -2.14. The Morgan fingerprint density at radius 2 is 2.24 bits per heavy atom. The molecule has 0 aliphatic rings. The number of aromatic amines is 1. The van der Waals surface area contributed by atoms with Gasteiger partial charge in [0.1, 0.15) is 0 Å². The molecule has 2 N–H and O–H groups in total. The van der Waals surface area contributed by atoms with Crippen molar-refractivity contribution in [2.24, 2.45) is 0 Å². The van der Waals surface area contributed by atoms with Crippen molar-refractivity contribution >= 4 is 17.2 Å². The van der Waals surface area contributed by atoms with Crippen LogP contribution in [-0.2, 0) is 0 Å². The van der Waals surface area contributed by atoms with Gasteiger partial charge in [0.15, 0.2) is 11.3 Å². The largest absolute Gasteiger partial charge is 0.319 e. The maximum Gasteiger partial charge on any atom is 0.284 e. The van der Waals surface area contributed by atoms with Crippen molar-refractivity contribution in [2.75, 3.05) is 5.32 Å². The van der Waals surface area contributed by atoms with Crippen LogP contribution >= 0.6 is 0 Å². The number of carbonyl (C=O) groups excluding carboxylic acids is 1. The number of halogens is 2. The van der Waals surface area contributed by atoms with Crippen molar-refractivity contribution in [3.05, 3.63) is 35.3 Å². The Balaban J connectivity index is 1.91. The first-order chi connectivity index (χ1) is 10.1. The summed E-state index contributed by atoms with van der Waals surface area (Å²) in [4.78, 5) is 12.1. The first-order valence-corrected chi connectivity index (χ1v) is 5.88. The smallest absolute Gasteiger partial charge is 0.284 e. The molecule has 3 aromatic heterocycles. The first kappa shape index (κ1) is 13.1. The van der Waals surface area contributed by atoms with E-state index in [-0.39, 0.29) is 11.3 Å². The number of rotatable bonds is 3. The molecule has 0 aromatic carbocycles. The molecule has 108 valence electrons. The summed E-state index contributed by atoms with van der Waals surface area (Å²) in [6.07, 6.45) is -1.38. The number of hydrogen-bond acceptors (Lipinski definition) is 5. The monoisotopic (exact) mass is 293 g/mol. The molecule has 0 saturated heterocycles. The molecule has 0 unspecified atom stereocenters. The zero-order chi connectivity index (χ0) is 15.0. The van der Waals surface area contributed by atoms with Crippen LogP contribution in [0, 0.1) is 6.92 Å². The number of amides is 1. The minimum Gasteiger partial charge on any atom is -0.319 e. The third kappa shape index (κ3) is 2.30. The summed E-state index contributed by atoms with van der Waals surface area (Å²) in [7, 11) is 0. The molecule has 0 saturated carbocycles. The molecule has 0 atom stereocenters. The van der Waals surface area contributed by atoms with Gasteiger partial charge in [0, 0.05) is 6.20 Å². The number of tetrazole rings is 1. The minimum atomic E-state index is -2.78. The lowest BCUT2D eigenvalue weighted by Gasteiger charge is -2.06. The van der Waals surface area contributed by atoms with Gasteiger partial charge < -0.3 is 5.32 Å². The molecule has 21 heavy (non-hydrogen) atoms. The second-order valence-corrected chi connectivity index (χ2v) is 4.26. The molecule has 3 heterocycles. The van der Waals surface area contributed by atoms with E-state index in [4.69, 9.17) is 0 Å². The van der Waals surface area contributed by atoms with Crippen molar-refractivity contribution in [1.82, 2.24) is 30.2 Å². The quantitative estimate of drug-likeness (QED) is 0.759. The molecule has 3 rings (SSSR count). The van der Waals surface area contributed by atoms with E-state index in [0.29, 0.717) is 11.3 Å². The predicted molar refractivity (Wildman–Crippen MR) is 67.0 cm³/mol. The third-order valence-corrected chi connectivity index (χ3v) is 2.87. The summed E-state index contributed by atoms with van der Waals surface area (Å²) < 4.78 is 26.9. The molecule has 0 aliphatic carbocycles. The van der Waals surface area contributed by atoms with Crippen LogP contribution in [0.3, 0.4) is 0 Å². The van der Waals surface area contributed by atoms with Gasteiger partial charge >= 0.3 is 0 Å². The van der Waals surface area contributed by atoms with E-state index in [1.807, 2.05) is 0 Å². The van der Waals surface area contributed by atoms with Crippen LogP contribution < -0.4 is 5.32 Å². The van der Waals surface area contributed by atoms with Gasteiger partial charge in [-0.2, -0.15) is 9.61 Å². The number of nitrogens with one attached hydrogen (secondary N) is 2. The summed E-state index contributed by atoms with van der Waals surface area (Å²) in [6.45, 7) is 1.54. The highest BCUT2D eigenvalue weighted by molar-refractivity contribution is 6.04. The summed E-state index contributed by atoms with van der Waals surface area (Å²) in [5.41, 5.74) is 0.535. The molecular weight excluding hydrogens is 284 g/mol. The molecule has 1 amide bonds. The molecule has 0 fully saturated rings. The summed E-state index contributed by atoms with van der Waals surface area (Å²) in [5.74, 6) is -0.557. The summed E-state index contributed by atoms with van der Waals surface area (Å²) >= 11 is 0. The maximum atomic E-state index is 12.8. The average Bonchev–Trinajstić information content (AvgIpc) is 3.05. The highest BCUT2D eigenvalue weighted by atomic mass is 19.3. The van der Waals surface area contributed by atoms with Gasteiger partial charge in [-0.25, -0.2) is 8.78 Å². The van der Waals surface area contributed by atoms with Crippen molar-refractivity contribution in [3.63, 3.8) is 0 Å². The fraction of sp³-hybridized carbons (Fsp3) is 0.182. The first-order valence-electron chi connectivity index (χ1n) is 5.88. The molecule has 0 spiro atoms. The number of hydrogen-bond donors (Lipinski definition) is 2. The SMILES string of the molecule is Cc1[nH]nc(C(F)F)c1NC(=O)c1ccc2nnnn2c1. The van der Waals surface area contributed by atoms with E-state index in [9.17, 15) is 13.6 Å². The molecule has 0 bridgehead atoms. The minimum absolute atomic E-state index is 0.0215. The van der Waals surface area contributed by atoms with Gasteiger partial charge in [-0.15, -0.1) is 5.10 Å². The van der Waals surface area contributed by atoms with Crippen LogP contribution in [0.15, 0.2) is 18.3 Å². The van der Waals surface area contributed by atoms with Crippen LogP contribution in [0.1, 0.15) is 28.2 Å². The molecular formula is C11H9F2N7O. The molecule has 0 radical (unpaired) electrons. The topological polar surface area (TPSA) is 101 Å². The molecule has 8 nitrogen and oxygen atoms in total. The standard InChI is InChI=1S/C11H9F2N7O/c1-5-8(9(10(12)13)17-15-5)14-11(21)6-2-3-7-16-18-19-20(7)4-6/h2-4,10H,1H3,(H,14,21)(H,15,17). The Labute approximate surface area is 116 Å². The van der Waals surface area contributed by atoms with E-state index < -0.39 is 18.0 Å². The van der Waals surface area contributed by atoms with Gasteiger partial charge in [0.2, 0.25) is 0 Å². The second-order valence-electron chi connectivity index (χ2n) is 4.26. The molecule has 10 heteroatoms. The van der Waals surface area contributed by atoms with Gasteiger partial charge in [-0.3, -0.25) is 9.89 Å².